The summed E-state index contributed by atoms with van der Waals surface area (Å²) in [6, 6.07) is 5.95. The van der Waals surface area contributed by atoms with E-state index in [1.165, 1.54) is 18.4 Å². The average Bonchev–Trinajstić information content (AvgIpc) is 3.22. The van der Waals surface area contributed by atoms with Gasteiger partial charge in [-0.25, -0.2) is 0 Å². The quantitative estimate of drug-likeness (QED) is 0.740. The number of furan rings is 1. The van der Waals surface area contributed by atoms with Gasteiger partial charge < -0.3 is 19.4 Å². The van der Waals surface area contributed by atoms with Gasteiger partial charge in [0.2, 0.25) is 0 Å². The van der Waals surface area contributed by atoms with Crippen molar-refractivity contribution in [2.24, 2.45) is 5.73 Å². The number of hydrogen-bond acceptors (Lipinski definition) is 6. The number of hydrogen-bond donors (Lipinski definition) is 1. The minimum atomic E-state index is -0.406. The maximum Gasteiger partial charge on any atom is 0.264 e. The van der Waals surface area contributed by atoms with Crippen molar-refractivity contribution in [3.05, 3.63) is 41.2 Å². The minimum absolute atomic E-state index is 0. The van der Waals surface area contributed by atoms with E-state index in [1.807, 2.05) is 12.1 Å². The van der Waals surface area contributed by atoms with Crippen molar-refractivity contribution in [3.63, 3.8) is 0 Å². The van der Waals surface area contributed by atoms with Crippen LogP contribution >= 0.6 is 12.4 Å². The molecule has 0 spiro atoms. The van der Waals surface area contributed by atoms with E-state index in [2.05, 4.69) is 16.2 Å². The van der Waals surface area contributed by atoms with Gasteiger partial charge in [0, 0.05) is 17.4 Å². The van der Waals surface area contributed by atoms with Crippen LogP contribution in [0.5, 0.6) is 5.75 Å². The molecule has 6 nitrogen and oxygen atoms in total. The van der Waals surface area contributed by atoms with Gasteiger partial charge in [0.15, 0.2) is 12.4 Å². The number of fused-ring (bicyclic) bond motifs is 3. The molecule has 2 aliphatic carbocycles. The second-order valence-corrected chi connectivity index (χ2v) is 7.18. The van der Waals surface area contributed by atoms with E-state index in [0.29, 0.717) is 11.7 Å². The summed E-state index contributed by atoms with van der Waals surface area (Å²) >= 11 is 0. The Morgan fingerprint density at radius 2 is 2.00 bits per heavy atom. The normalized spacial score (nSPS) is 18.0. The number of rotatable bonds is 4. The zero-order valence-corrected chi connectivity index (χ0v) is 15.3. The Balaban J connectivity index is 0.00000168. The molecule has 5 rings (SSSR count). The summed E-state index contributed by atoms with van der Waals surface area (Å²) in [5.74, 6) is 2.97. The third-order valence-electron chi connectivity index (χ3n) is 5.45. The molecule has 1 saturated carbocycles. The maximum atomic E-state index is 6.22. The van der Waals surface area contributed by atoms with Gasteiger partial charge in [-0.05, 0) is 56.7 Å². The number of aryl methyl sites for hydroxylation is 2. The minimum Gasteiger partial charge on any atom is -0.484 e. The lowest BCUT2D eigenvalue weighted by Crippen LogP contribution is -2.44. The summed E-state index contributed by atoms with van der Waals surface area (Å²) in [7, 11) is 0. The molecular weight excluding hydrogens is 354 g/mol. The van der Waals surface area contributed by atoms with Crippen LogP contribution in [-0.2, 0) is 25.0 Å². The zero-order chi connectivity index (χ0) is 16.9. The van der Waals surface area contributed by atoms with Gasteiger partial charge in [-0.3, -0.25) is 0 Å². The summed E-state index contributed by atoms with van der Waals surface area (Å²) in [6.45, 7) is 0.245. The van der Waals surface area contributed by atoms with E-state index < -0.39 is 5.54 Å². The topological polar surface area (TPSA) is 87.3 Å². The van der Waals surface area contributed by atoms with Gasteiger partial charge in [0.1, 0.15) is 17.1 Å². The van der Waals surface area contributed by atoms with Crippen LogP contribution in [0.1, 0.15) is 55.1 Å². The van der Waals surface area contributed by atoms with Crippen molar-refractivity contribution in [1.82, 2.24) is 10.1 Å². The highest BCUT2D eigenvalue weighted by atomic mass is 35.5. The van der Waals surface area contributed by atoms with Gasteiger partial charge in [0.05, 0.1) is 5.54 Å². The molecule has 7 heteroatoms. The second kappa shape index (κ2) is 6.59. The first-order valence-corrected chi connectivity index (χ1v) is 9.00. The Kier molecular flexibility index (Phi) is 4.40. The number of aromatic nitrogens is 2. The van der Waals surface area contributed by atoms with Crippen molar-refractivity contribution < 1.29 is 13.7 Å². The zero-order valence-electron chi connectivity index (χ0n) is 14.5. The van der Waals surface area contributed by atoms with Crippen LogP contribution in [0, 0.1) is 0 Å². The van der Waals surface area contributed by atoms with Crippen LogP contribution in [0.25, 0.3) is 11.0 Å². The van der Waals surface area contributed by atoms with Gasteiger partial charge >= 0.3 is 0 Å². The van der Waals surface area contributed by atoms with Crippen LogP contribution in [0.3, 0.4) is 0 Å². The highest BCUT2D eigenvalue weighted by molar-refractivity contribution is 5.85. The van der Waals surface area contributed by atoms with Gasteiger partial charge in [0.25, 0.3) is 5.89 Å². The van der Waals surface area contributed by atoms with E-state index in [9.17, 15) is 0 Å². The van der Waals surface area contributed by atoms with E-state index in [-0.39, 0.29) is 19.0 Å². The summed E-state index contributed by atoms with van der Waals surface area (Å²) < 4.78 is 17.1. The van der Waals surface area contributed by atoms with Gasteiger partial charge in [-0.15, -0.1) is 12.4 Å². The van der Waals surface area contributed by atoms with Crippen LogP contribution in [0.4, 0.5) is 0 Å². The molecule has 0 saturated heterocycles. The lowest BCUT2D eigenvalue weighted by Gasteiger charge is -2.34. The lowest BCUT2D eigenvalue weighted by atomic mass is 9.77. The fraction of sp³-hybridized carbons (Fsp3) is 0.474. The van der Waals surface area contributed by atoms with Crippen LogP contribution in [0.15, 0.2) is 27.1 Å². The molecule has 2 heterocycles. The molecule has 3 aromatic rings. The van der Waals surface area contributed by atoms with Crippen LogP contribution in [0.2, 0.25) is 0 Å². The third kappa shape index (κ3) is 2.87. The fourth-order valence-electron chi connectivity index (χ4n) is 3.77. The molecule has 0 bridgehead atoms. The summed E-state index contributed by atoms with van der Waals surface area (Å²) in [5, 5.41) is 5.18. The Morgan fingerprint density at radius 3 is 2.81 bits per heavy atom. The second-order valence-electron chi connectivity index (χ2n) is 7.18. The molecule has 0 unspecified atom stereocenters. The molecule has 138 valence electrons. The van der Waals surface area contributed by atoms with E-state index in [4.69, 9.17) is 19.4 Å². The highest BCUT2D eigenvalue weighted by Gasteiger charge is 2.39. The van der Waals surface area contributed by atoms with E-state index in [1.54, 1.807) is 0 Å². The van der Waals surface area contributed by atoms with E-state index >= 15 is 0 Å². The molecule has 0 amide bonds. The molecule has 2 N–H and O–H groups in total. The van der Waals surface area contributed by atoms with E-state index in [0.717, 1.165) is 54.6 Å². The monoisotopic (exact) mass is 375 g/mol. The summed E-state index contributed by atoms with van der Waals surface area (Å²) in [5.41, 5.74) is 8.09. The molecule has 26 heavy (non-hydrogen) atoms. The van der Waals surface area contributed by atoms with Crippen LogP contribution < -0.4 is 10.5 Å². The largest absolute Gasteiger partial charge is 0.484 e. The standard InChI is InChI=1S/C19H21N3O3.ClH/c20-19(8-3-9-19)18-21-17(25-22-18)11-23-12-6-7-16-14(10-12)13-4-1-2-5-15(13)24-16;/h6-7,10H,1-5,8-9,11,20H2;1H. The Morgan fingerprint density at radius 1 is 1.15 bits per heavy atom. The summed E-state index contributed by atoms with van der Waals surface area (Å²) in [4.78, 5) is 4.40. The molecule has 1 aromatic carbocycles. The van der Waals surface area contributed by atoms with Gasteiger partial charge in [-0.1, -0.05) is 5.16 Å². The first-order chi connectivity index (χ1) is 12.2. The number of ether oxygens (including phenoxy) is 1. The predicted molar refractivity (Wildman–Crippen MR) is 98.5 cm³/mol. The molecule has 2 aliphatic rings. The van der Waals surface area contributed by atoms with Gasteiger partial charge in [-0.2, -0.15) is 4.98 Å². The van der Waals surface area contributed by atoms with Crippen LogP contribution in [-0.4, -0.2) is 10.1 Å². The summed E-state index contributed by atoms with van der Waals surface area (Å²) in [6.07, 6.45) is 7.48. The molecule has 1 fully saturated rings. The first-order valence-electron chi connectivity index (χ1n) is 9.00. The SMILES string of the molecule is Cl.NC1(c2noc(COc3ccc4oc5c(c4c3)CCCC5)n2)CCC1. The molecule has 0 atom stereocenters. The maximum absolute atomic E-state index is 6.22. The molecular formula is C19H22ClN3O3. The van der Waals surface area contributed by atoms with Crippen molar-refractivity contribution in [3.8, 4) is 5.75 Å². The molecule has 2 aromatic heterocycles. The van der Waals surface area contributed by atoms with Crippen molar-refractivity contribution >= 4 is 23.4 Å². The average molecular weight is 376 g/mol. The predicted octanol–water partition coefficient (Wildman–Crippen LogP) is 4.03. The Bertz CT molecular complexity index is 929. The number of benzene rings is 1. The number of nitrogens with two attached hydrogens (primary N) is 1. The highest BCUT2D eigenvalue weighted by Crippen LogP contribution is 2.37. The van der Waals surface area contributed by atoms with Crippen molar-refractivity contribution in [2.75, 3.05) is 0 Å². The molecule has 0 radical (unpaired) electrons. The first kappa shape index (κ1) is 17.4. The smallest absolute Gasteiger partial charge is 0.264 e. The Labute approximate surface area is 157 Å². The van der Waals surface area contributed by atoms with Crippen molar-refractivity contribution in [2.45, 2.75) is 57.1 Å². The van der Waals surface area contributed by atoms with Crippen molar-refractivity contribution in [1.29, 1.82) is 0 Å². The third-order valence-corrected chi connectivity index (χ3v) is 5.45. The molecule has 0 aliphatic heterocycles. The number of nitrogens with zero attached hydrogens (tertiary/aromatic N) is 2. The Hall–Kier alpha value is -2.05. The lowest BCUT2D eigenvalue weighted by molar-refractivity contribution is 0.223. The fourth-order valence-corrected chi connectivity index (χ4v) is 3.77. The number of halogens is 1.